The Kier molecular flexibility index (Phi) is 3.67. The first-order valence-electron chi connectivity index (χ1n) is 5.81. The van der Waals surface area contributed by atoms with Crippen molar-refractivity contribution < 1.29 is 4.79 Å². The van der Waals surface area contributed by atoms with Crippen LogP contribution in [0.25, 0.3) is 10.1 Å². The molecule has 8 heteroatoms. The number of hydrogen-bond acceptors (Lipinski definition) is 5. The number of amides is 1. The molecule has 0 unspecified atom stereocenters. The van der Waals surface area contributed by atoms with E-state index in [1.54, 1.807) is 12.1 Å². The lowest BCUT2D eigenvalue weighted by atomic mass is 10.2. The molecular weight excluding hydrogens is 331 g/mol. The summed E-state index contributed by atoms with van der Waals surface area (Å²) in [6.45, 7) is 0. The fraction of sp³-hybridized carbons (Fsp3) is 0. The van der Waals surface area contributed by atoms with E-state index in [1.807, 2.05) is 12.1 Å². The third-order valence-electron chi connectivity index (χ3n) is 2.76. The molecule has 0 saturated carbocycles. The van der Waals surface area contributed by atoms with E-state index >= 15 is 0 Å². The highest BCUT2D eigenvalue weighted by Gasteiger charge is 2.15. The van der Waals surface area contributed by atoms with Crippen LogP contribution < -0.4 is 11.1 Å². The lowest BCUT2D eigenvalue weighted by Crippen LogP contribution is -2.11. The van der Waals surface area contributed by atoms with Crippen LogP contribution in [0.1, 0.15) is 9.67 Å². The van der Waals surface area contributed by atoms with Gasteiger partial charge in [0.15, 0.2) is 10.3 Å². The number of carbonyl (C=O) groups excluding carboxylic acids is 1. The normalized spacial score (nSPS) is 10.8. The van der Waals surface area contributed by atoms with Crippen LogP contribution in [0.3, 0.4) is 0 Å². The number of nitrogens with zero attached hydrogens (tertiary/aromatic N) is 2. The number of aromatic nitrogens is 2. The van der Waals surface area contributed by atoms with E-state index in [2.05, 4.69) is 15.3 Å². The second-order valence-corrected chi connectivity index (χ2v) is 5.99. The molecule has 0 fully saturated rings. The summed E-state index contributed by atoms with van der Waals surface area (Å²) in [6.07, 6.45) is 1.22. The first-order valence-corrected chi connectivity index (χ1v) is 7.38. The number of nitrogens with two attached hydrogens (primary N) is 1. The molecule has 3 N–H and O–H groups in total. The van der Waals surface area contributed by atoms with Gasteiger partial charge in [-0.15, -0.1) is 11.3 Å². The van der Waals surface area contributed by atoms with E-state index in [1.165, 1.54) is 17.7 Å². The molecule has 1 amide bonds. The Morgan fingerprint density at radius 3 is 2.62 bits per heavy atom. The zero-order valence-corrected chi connectivity index (χ0v) is 12.8. The zero-order valence-electron chi connectivity index (χ0n) is 10.4. The average molecular weight is 339 g/mol. The molecule has 0 aliphatic heterocycles. The number of hydrogen-bond donors (Lipinski definition) is 2. The molecule has 0 atom stereocenters. The van der Waals surface area contributed by atoms with Crippen molar-refractivity contribution >= 4 is 61.9 Å². The van der Waals surface area contributed by atoms with Crippen LogP contribution >= 0.6 is 34.5 Å². The van der Waals surface area contributed by atoms with Crippen molar-refractivity contribution in [2.45, 2.75) is 0 Å². The van der Waals surface area contributed by atoms with Gasteiger partial charge in [0.05, 0.1) is 4.88 Å². The summed E-state index contributed by atoms with van der Waals surface area (Å²) in [5.74, 6) is -0.326. The smallest absolute Gasteiger partial charge is 0.265 e. The van der Waals surface area contributed by atoms with Gasteiger partial charge in [-0.3, -0.25) is 4.79 Å². The Bertz CT molecular complexity index is 829. The largest absolute Gasteiger partial charge is 0.399 e. The number of nitrogen functional groups attached to an aromatic ring is 1. The second-order valence-electron chi connectivity index (χ2n) is 4.19. The highest BCUT2D eigenvalue weighted by atomic mass is 35.5. The summed E-state index contributed by atoms with van der Waals surface area (Å²) >= 11 is 13.1. The van der Waals surface area contributed by atoms with Crippen LogP contribution in [-0.2, 0) is 0 Å². The highest BCUT2D eigenvalue weighted by Crippen LogP contribution is 2.30. The molecule has 106 valence electrons. The van der Waals surface area contributed by atoms with Gasteiger partial charge in [-0.1, -0.05) is 23.2 Å². The Hall–Kier alpha value is -1.89. The number of nitrogens with one attached hydrogen (secondary N) is 1. The lowest BCUT2D eigenvalue weighted by molar-refractivity contribution is 0.103. The quantitative estimate of drug-likeness (QED) is 0.549. The van der Waals surface area contributed by atoms with Crippen LogP contribution in [-0.4, -0.2) is 15.9 Å². The molecule has 21 heavy (non-hydrogen) atoms. The molecule has 5 nitrogen and oxygen atoms in total. The number of thiophene rings is 1. The van der Waals surface area contributed by atoms with Crippen molar-refractivity contribution in [1.29, 1.82) is 0 Å². The Balaban J connectivity index is 1.94. The molecule has 0 bridgehead atoms. The van der Waals surface area contributed by atoms with Crippen molar-refractivity contribution in [3.63, 3.8) is 0 Å². The SMILES string of the molecule is Nc1ccc2sc(C(=O)Nc3c(Cl)ncnc3Cl)cc2c1. The van der Waals surface area contributed by atoms with Gasteiger partial charge in [0.1, 0.15) is 12.0 Å². The van der Waals surface area contributed by atoms with Crippen LogP contribution in [0.2, 0.25) is 10.3 Å². The molecule has 0 aliphatic carbocycles. The summed E-state index contributed by atoms with van der Waals surface area (Å²) in [5.41, 5.74) is 6.57. The highest BCUT2D eigenvalue weighted by molar-refractivity contribution is 7.20. The van der Waals surface area contributed by atoms with Crippen LogP contribution in [0.4, 0.5) is 11.4 Å². The average Bonchev–Trinajstić information content (AvgIpc) is 2.86. The summed E-state index contributed by atoms with van der Waals surface area (Å²) in [7, 11) is 0. The predicted molar refractivity (Wildman–Crippen MR) is 86.2 cm³/mol. The van der Waals surface area contributed by atoms with Crippen LogP contribution in [0.5, 0.6) is 0 Å². The minimum Gasteiger partial charge on any atom is -0.399 e. The van der Waals surface area contributed by atoms with Crippen molar-refractivity contribution in [2.24, 2.45) is 0 Å². The maximum Gasteiger partial charge on any atom is 0.265 e. The van der Waals surface area contributed by atoms with Gasteiger partial charge >= 0.3 is 0 Å². The Morgan fingerprint density at radius 1 is 1.19 bits per heavy atom. The summed E-state index contributed by atoms with van der Waals surface area (Å²) in [6, 6.07) is 7.24. The first-order chi connectivity index (χ1) is 10.0. The van der Waals surface area contributed by atoms with Crippen molar-refractivity contribution in [2.75, 3.05) is 11.1 Å². The van der Waals surface area contributed by atoms with E-state index in [0.717, 1.165) is 10.1 Å². The third kappa shape index (κ3) is 2.78. The van der Waals surface area contributed by atoms with Gasteiger partial charge in [-0.25, -0.2) is 9.97 Å². The van der Waals surface area contributed by atoms with Gasteiger partial charge in [0.25, 0.3) is 5.91 Å². The second kappa shape index (κ2) is 5.48. The number of anilines is 2. The van der Waals surface area contributed by atoms with Gasteiger partial charge in [0.2, 0.25) is 0 Å². The van der Waals surface area contributed by atoms with Gasteiger partial charge < -0.3 is 11.1 Å². The van der Waals surface area contributed by atoms with E-state index in [9.17, 15) is 4.79 Å². The standard InChI is InChI=1S/C13H8Cl2N4OS/c14-11-10(12(15)18-5-17-11)19-13(20)9-4-6-3-7(16)1-2-8(6)21-9/h1-5H,16H2,(H,19,20). The molecular formula is C13H8Cl2N4OS. The van der Waals surface area contributed by atoms with Gasteiger partial charge in [0, 0.05) is 10.4 Å². The predicted octanol–water partition coefficient (Wildman–Crippen LogP) is 3.83. The molecule has 0 radical (unpaired) electrons. The Labute approximate surface area is 133 Å². The molecule has 1 aromatic carbocycles. The van der Waals surface area contributed by atoms with Crippen molar-refractivity contribution in [3.8, 4) is 0 Å². The van der Waals surface area contributed by atoms with E-state index < -0.39 is 0 Å². The number of benzene rings is 1. The molecule has 2 aromatic heterocycles. The van der Waals surface area contributed by atoms with Crippen molar-refractivity contribution in [3.05, 3.63) is 45.8 Å². The van der Waals surface area contributed by atoms with Crippen molar-refractivity contribution in [1.82, 2.24) is 9.97 Å². The first kappa shape index (κ1) is 14.1. The molecule has 0 spiro atoms. The van der Waals surface area contributed by atoms with Crippen LogP contribution in [0, 0.1) is 0 Å². The maximum atomic E-state index is 12.3. The minimum absolute atomic E-state index is 0.0914. The topological polar surface area (TPSA) is 80.9 Å². The summed E-state index contributed by atoms with van der Waals surface area (Å²) < 4.78 is 0.968. The van der Waals surface area contributed by atoms with E-state index in [4.69, 9.17) is 28.9 Å². The van der Waals surface area contributed by atoms with Crippen LogP contribution in [0.15, 0.2) is 30.6 Å². The molecule has 0 saturated heterocycles. The number of carbonyl (C=O) groups is 1. The fourth-order valence-electron chi connectivity index (χ4n) is 1.80. The van der Waals surface area contributed by atoms with E-state index in [-0.39, 0.29) is 21.9 Å². The summed E-state index contributed by atoms with van der Waals surface area (Å²) in [4.78, 5) is 20.4. The van der Waals surface area contributed by atoms with E-state index in [0.29, 0.717) is 10.6 Å². The molecule has 2 heterocycles. The Morgan fingerprint density at radius 2 is 1.90 bits per heavy atom. The van der Waals surface area contributed by atoms with Gasteiger partial charge in [-0.05, 0) is 29.7 Å². The summed E-state index contributed by atoms with van der Waals surface area (Å²) in [5, 5.41) is 3.71. The zero-order chi connectivity index (χ0) is 15.0. The molecule has 0 aliphatic rings. The number of rotatable bonds is 2. The molecule has 3 aromatic rings. The molecule has 3 rings (SSSR count). The van der Waals surface area contributed by atoms with Gasteiger partial charge in [-0.2, -0.15) is 0 Å². The lowest BCUT2D eigenvalue weighted by Gasteiger charge is -2.05. The third-order valence-corrected chi connectivity index (χ3v) is 4.45. The maximum absolute atomic E-state index is 12.3. The number of halogens is 2. The minimum atomic E-state index is -0.326. The monoisotopic (exact) mass is 338 g/mol. The fourth-order valence-corrected chi connectivity index (χ4v) is 3.14. The number of fused-ring (bicyclic) bond motifs is 1.